The molecule has 1 aliphatic heterocycles. The van der Waals surface area contributed by atoms with Crippen LogP contribution in [0.2, 0.25) is 0 Å². The summed E-state index contributed by atoms with van der Waals surface area (Å²) in [5.74, 6) is 0. The Balaban J connectivity index is 2.69. The topological polar surface area (TPSA) is 14.1 Å². The van der Waals surface area contributed by atoms with E-state index < -0.39 is 0 Å². The Kier molecular flexibility index (Phi) is 1.47. The Bertz CT molecular complexity index is 142. The first-order valence-corrected chi connectivity index (χ1v) is 2.27. The fourth-order valence-corrected chi connectivity index (χ4v) is 0.436. The lowest BCUT2D eigenvalue weighted by Gasteiger charge is -2.11. The summed E-state index contributed by atoms with van der Waals surface area (Å²) in [6.07, 6.45) is 6.83. The van der Waals surface area contributed by atoms with Crippen molar-refractivity contribution in [1.29, 1.82) is 0 Å². The molecule has 1 aliphatic rings. The highest BCUT2D eigenvalue weighted by atomic mass is 19.1. The van der Waals surface area contributed by atoms with Crippen LogP contribution in [0.4, 0.5) is 4.39 Å². The van der Waals surface area contributed by atoms with Gasteiger partial charge in [0, 0.05) is 0 Å². The van der Waals surface area contributed by atoms with E-state index >= 15 is 0 Å². The first-order valence-electron chi connectivity index (χ1n) is 2.27. The summed E-state index contributed by atoms with van der Waals surface area (Å²) in [4.78, 5) is 0. The molecular weight excluding hydrogens is 105 g/mol. The lowest BCUT2D eigenvalue weighted by atomic mass is 10.2. The van der Waals surface area contributed by atoms with Crippen LogP contribution in [0.5, 0.6) is 0 Å². The lowest BCUT2D eigenvalue weighted by molar-refractivity contribution is 0.716. The summed E-state index contributed by atoms with van der Waals surface area (Å²) in [7, 11) is 0. The minimum absolute atomic E-state index is 0.543. The van der Waals surface area contributed by atoms with Crippen LogP contribution in [0, 0.1) is 0 Å². The summed E-state index contributed by atoms with van der Waals surface area (Å²) < 4.78 is 11.6. The highest BCUT2D eigenvalue weighted by molar-refractivity contribution is 5.38. The van der Waals surface area contributed by atoms with E-state index in [9.17, 15) is 4.39 Å². The van der Waals surface area contributed by atoms with Crippen molar-refractivity contribution in [2.75, 3.05) is 0 Å². The van der Waals surface area contributed by atoms with Gasteiger partial charge in [-0.2, -0.15) is 12.4 Å². The van der Waals surface area contributed by atoms with E-state index in [4.69, 9.17) is 0 Å². The van der Waals surface area contributed by atoms with Gasteiger partial charge in [-0.1, -0.05) is 12.2 Å². The van der Waals surface area contributed by atoms with Crippen LogP contribution in [0.15, 0.2) is 36.5 Å². The van der Waals surface area contributed by atoms with Crippen molar-refractivity contribution in [3.63, 3.8) is 0 Å². The molecule has 0 aromatic rings. The summed E-state index contributed by atoms with van der Waals surface area (Å²) in [6.45, 7) is 0. The van der Waals surface area contributed by atoms with E-state index in [2.05, 4.69) is 5.32 Å². The zero-order valence-corrected chi connectivity index (χ0v) is 4.21. The SMILES string of the molecule is FC=C1C=C[N-]C=C1. The zero-order valence-electron chi connectivity index (χ0n) is 4.21. The predicted octanol–water partition coefficient (Wildman–Crippen LogP) is 2.25. The second-order valence-electron chi connectivity index (χ2n) is 1.39. The lowest BCUT2D eigenvalue weighted by Crippen LogP contribution is -1.72. The second kappa shape index (κ2) is 2.31. The van der Waals surface area contributed by atoms with E-state index in [1.807, 2.05) is 0 Å². The van der Waals surface area contributed by atoms with E-state index in [1.165, 1.54) is 0 Å². The first kappa shape index (κ1) is 5.09. The molecule has 0 aromatic carbocycles. The van der Waals surface area contributed by atoms with Crippen LogP contribution in [-0.2, 0) is 0 Å². The van der Waals surface area contributed by atoms with E-state index in [0.29, 0.717) is 11.9 Å². The van der Waals surface area contributed by atoms with Gasteiger partial charge in [0.1, 0.15) is 0 Å². The van der Waals surface area contributed by atoms with Crippen LogP contribution >= 0.6 is 0 Å². The van der Waals surface area contributed by atoms with Crippen molar-refractivity contribution in [1.82, 2.24) is 0 Å². The van der Waals surface area contributed by atoms with Gasteiger partial charge in [0.15, 0.2) is 0 Å². The largest absolute Gasteiger partial charge is 0.670 e. The van der Waals surface area contributed by atoms with Crippen LogP contribution in [0.1, 0.15) is 0 Å². The van der Waals surface area contributed by atoms with Gasteiger partial charge in [-0.05, 0) is 5.57 Å². The Morgan fingerprint density at radius 2 is 2.00 bits per heavy atom. The molecule has 0 bridgehead atoms. The van der Waals surface area contributed by atoms with Crippen molar-refractivity contribution >= 4 is 0 Å². The molecule has 0 fully saturated rings. The molecule has 0 aliphatic carbocycles. The number of hydrogen-bond donors (Lipinski definition) is 0. The monoisotopic (exact) mass is 110 g/mol. The minimum atomic E-state index is 0.543. The molecule has 0 amide bonds. The number of nitrogens with zero attached hydrogens (tertiary/aromatic N) is 1. The summed E-state index contributed by atoms with van der Waals surface area (Å²) >= 11 is 0. The molecule has 0 saturated heterocycles. The van der Waals surface area contributed by atoms with Crippen LogP contribution < -0.4 is 0 Å². The van der Waals surface area contributed by atoms with Gasteiger partial charge < -0.3 is 5.32 Å². The van der Waals surface area contributed by atoms with Gasteiger partial charge in [-0.25, -0.2) is 4.39 Å². The zero-order chi connectivity index (χ0) is 5.82. The Morgan fingerprint density at radius 1 is 1.38 bits per heavy atom. The number of hydrogen-bond acceptors (Lipinski definition) is 0. The van der Waals surface area contributed by atoms with Crippen LogP contribution in [0.25, 0.3) is 5.32 Å². The van der Waals surface area contributed by atoms with E-state index in [-0.39, 0.29) is 0 Å². The molecule has 0 spiro atoms. The molecule has 0 atom stereocenters. The van der Waals surface area contributed by atoms with Crippen molar-refractivity contribution in [2.24, 2.45) is 0 Å². The van der Waals surface area contributed by atoms with Gasteiger partial charge in [0.25, 0.3) is 0 Å². The third-order valence-corrected chi connectivity index (χ3v) is 0.832. The predicted molar refractivity (Wildman–Crippen MR) is 30.8 cm³/mol. The first-order chi connectivity index (χ1) is 3.93. The number of rotatable bonds is 0. The second-order valence-corrected chi connectivity index (χ2v) is 1.39. The molecule has 0 saturated carbocycles. The Hall–Kier alpha value is -1.05. The molecule has 0 radical (unpaired) electrons. The third kappa shape index (κ3) is 0.964. The molecule has 1 rings (SSSR count). The normalized spacial score (nSPS) is 15.9. The highest BCUT2D eigenvalue weighted by Crippen LogP contribution is 2.08. The summed E-state index contributed by atoms with van der Waals surface area (Å²) in [5, 5.41) is 3.71. The van der Waals surface area contributed by atoms with Crippen molar-refractivity contribution in [3.8, 4) is 0 Å². The fraction of sp³-hybridized carbons (Fsp3) is 0. The third-order valence-electron chi connectivity index (χ3n) is 0.832. The Labute approximate surface area is 47.2 Å². The van der Waals surface area contributed by atoms with Gasteiger partial charge >= 0.3 is 0 Å². The molecule has 2 heteroatoms. The maximum Gasteiger partial charge on any atom is 0.0937 e. The van der Waals surface area contributed by atoms with E-state index in [1.54, 1.807) is 24.6 Å². The Morgan fingerprint density at radius 3 is 2.38 bits per heavy atom. The molecule has 8 heavy (non-hydrogen) atoms. The molecule has 0 N–H and O–H groups in total. The van der Waals surface area contributed by atoms with Gasteiger partial charge in [0.2, 0.25) is 0 Å². The maximum atomic E-state index is 11.6. The van der Waals surface area contributed by atoms with Crippen molar-refractivity contribution in [3.05, 3.63) is 41.8 Å². The summed E-state index contributed by atoms with van der Waals surface area (Å²) in [5.41, 5.74) is 0.556. The number of allylic oxidation sites excluding steroid dienone is 3. The van der Waals surface area contributed by atoms with Gasteiger partial charge in [-0.3, -0.25) is 0 Å². The summed E-state index contributed by atoms with van der Waals surface area (Å²) in [6, 6.07) is 0. The quantitative estimate of drug-likeness (QED) is 0.454. The number of halogens is 1. The average molecular weight is 110 g/mol. The molecule has 0 unspecified atom stereocenters. The molecule has 42 valence electrons. The molecule has 0 aromatic heterocycles. The molecule has 1 nitrogen and oxygen atoms in total. The maximum absolute atomic E-state index is 11.6. The van der Waals surface area contributed by atoms with Gasteiger partial charge in [0.05, 0.1) is 6.33 Å². The average Bonchev–Trinajstić information content (AvgIpc) is 1.90. The molecule has 1 heterocycles. The van der Waals surface area contributed by atoms with Gasteiger partial charge in [-0.15, -0.1) is 0 Å². The van der Waals surface area contributed by atoms with Crippen LogP contribution in [-0.4, -0.2) is 0 Å². The fourth-order valence-electron chi connectivity index (χ4n) is 0.436. The standard InChI is InChI=1S/C6H5FN/c7-5-6-1-3-8-4-2-6/h1-5H/q-1. The van der Waals surface area contributed by atoms with Crippen molar-refractivity contribution < 1.29 is 4.39 Å². The van der Waals surface area contributed by atoms with Crippen LogP contribution in [0.3, 0.4) is 0 Å². The van der Waals surface area contributed by atoms with Crippen molar-refractivity contribution in [2.45, 2.75) is 0 Å². The van der Waals surface area contributed by atoms with E-state index in [0.717, 1.165) is 0 Å². The minimum Gasteiger partial charge on any atom is -0.670 e. The molecular formula is C6H5FN-. The highest BCUT2D eigenvalue weighted by Gasteiger charge is 1.80. The smallest absolute Gasteiger partial charge is 0.0937 e.